The van der Waals surface area contributed by atoms with Gasteiger partial charge in [0, 0.05) is 15.7 Å². The molecular weight excluding hydrogens is 316 g/mol. The molecule has 2 N–H and O–H groups in total. The molecule has 2 aromatic carbocycles. The Morgan fingerprint density at radius 1 is 1.05 bits per heavy atom. The van der Waals surface area contributed by atoms with Crippen LogP contribution in [0.4, 0.5) is 14.5 Å². The van der Waals surface area contributed by atoms with Gasteiger partial charge in [-0.1, -0.05) is 18.2 Å². The molecule has 0 spiro atoms. The lowest BCUT2D eigenvalue weighted by atomic mass is 10.1. The minimum atomic E-state index is -0.847. The number of halogens is 3. The molecule has 0 aliphatic carbocycles. The van der Waals surface area contributed by atoms with Crippen molar-refractivity contribution >= 4 is 21.6 Å². The summed E-state index contributed by atoms with van der Waals surface area (Å²) in [5, 5.41) is 12.3. The minimum Gasteiger partial charge on any atom is -0.394 e. The van der Waals surface area contributed by atoms with Gasteiger partial charge >= 0.3 is 0 Å². The van der Waals surface area contributed by atoms with Gasteiger partial charge in [-0.2, -0.15) is 0 Å². The molecule has 1 unspecified atom stereocenters. The number of aliphatic hydroxyl groups is 1. The van der Waals surface area contributed by atoms with Gasteiger partial charge in [-0.15, -0.1) is 0 Å². The molecule has 0 saturated heterocycles. The lowest BCUT2D eigenvalue weighted by Crippen LogP contribution is -2.18. The maximum Gasteiger partial charge on any atom is 0.131 e. The van der Waals surface area contributed by atoms with Crippen molar-refractivity contribution in [3.63, 3.8) is 0 Å². The average molecular weight is 328 g/mol. The fourth-order valence-electron chi connectivity index (χ4n) is 1.82. The van der Waals surface area contributed by atoms with Crippen molar-refractivity contribution in [3.8, 4) is 0 Å². The zero-order valence-electron chi connectivity index (χ0n) is 9.91. The Hall–Kier alpha value is -1.46. The summed E-state index contributed by atoms with van der Waals surface area (Å²) in [5.74, 6) is -1.36. The maximum absolute atomic E-state index is 13.7. The quantitative estimate of drug-likeness (QED) is 0.893. The summed E-state index contributed by atoms with van der Waals surface area (Å²) in [4.78, 5) is 0. The second kappa shape index (κ2) is 6.12. The number of hydrogen-bond donors (Lipinski definition) is 2. The third-order valence-electron chi connectivity index (χ3n) is 2.73. The first kappa shape index (κ1) is 14.0. The Bertz CT molecular complexity index is 557. The molecule has 0 fully saturated rings. The van der Waals surface area contributed by atoms with Crippen molar-refractivity contribution in [2.24, 2.45) is 0 Å². The van der Waals surface area contributed by atoms with Crippen LogP contribution >= 0.6 is 15.9 Å². The van der Waals surface area contributed by atoms with E-state index in [4.69, 9.17) is 0 Å². The number of aliphatic hydroxyl groups excluding tert-OH is 1. The van der Waals surface area contributed by atoms with E-state index in [0.29, 0.717) is 5.69 Å². The predicted molar refractivity (Wildman–Crippen MR) is 73.9 cm³/mol. The molecule has 0 aliphatic heterocycles. The first-order chi connectivity index (χ1) is 9.13. The van der Waals surface area contributed by atoms with Gasteiger partial charge in [-0.05, 0) is 40.2 Å². The number of rotatable bonds is 4. The molecule has 2 rings (SSSR count). The zero-order chi connectivity index (χ0) is 13.8. The van der Waals surface area contributed by atoms with E-state index in [2.05, 4.69) is 21.2 Å². The van der Waals surface area contributed by atoms with Gasteiger partial charge in [-0.25, -0.2) is 8.78 Å². The number of hydrogen-bond acceptors (Lipinski definition) is 2. The summed E-state index contributed by atoms with van der Waals surface area (Å²) >= 11 is 3.33. The fraction of sp³-hybridized carbons (Fsp3) is 0.143. The molecule has 0 saturated carbocycles. The standard InChI is InChI=1S/C14H12BrF2NO/c15-9-4-1-2-7-12(9)18-13(8-19)14-10(16)5-3-6-11(14)17/h1-7,13,18-19H,8H2. The van der Waals surface area contributed by atoms with Crippen molar-refractivity contribution in [1.82, 2.24) is 0 Å². The van der Waals surface area contributed by atoms with Crippen molar-refractivity contribution in [3.05, 3.63) is 64.1 Å². The topological polar surface area (TPSA) is 32.3 Å². The largest absolute Gasteiger partial charge is 0.394 e. The van der Waals surface area contributed by atoms with E-state index >= 15 is 0 Å². The van der Waals surface area contributed by atoms with Gasteiger partial charge in [0.1, 0.15) is 11.6 Å². The van der Waals surface area contributed by atoms with E-state index in [1.165, 1.54) is 18.2 Å². The van der Waals surface area contributed by atoms with Gasteiger partial charge < -0.3 is 10.4 Å². The molecule has 2 nitrogen and oxygen atoms in total. The van der Waals surface area contributed by atoms with Gasteiger partial charge in [0.25, 0.3) is 0 Å². The average Bonchev–Trinajstić information content (AvgIpc) is 2.39. The number of anilines is 1. The van der Waals surface area contributed by atoms with Crippen LogP contribution in [0.25, 0.3) is 0 Å². The highest BCUT2D eigenvalue weighted by molar-refractivity contribution is 9.10. The number of para-hydroxylation sites is 1. The van der Waals surface area contributed by atoms with Crippen LogP contribution in [0.1, 0.15) is 11.6 Å². The summed E-state index contributed by atoms with van der Waals surface area (Å²) in [7, 11) is 0. The Labute approximate surface area is 118 Å². The number of benzene rings is 2. The summed E-state index contributed by atoms with van der Waals surface area (Å²) in [6.07, 6.45) is 0. The van der Waals surface area contributed by atoms with Gasteiger partial charge in [-0.3, -0.25) is 0 Å². The second-order valence-electron chi connectivity index (χ2n) is 3.99. The summed E-state index contributed by atoms with van der Waals surface area (Å²) in [6, 6.07) is 9.96. The second-order valence-corrected chi connectivity index (χ2v) is 4.85. The van der Waals surface area contributed by atoms with E-state index in [0.717, 1.165) is 4.47 Å². The molecule has 2 aromatic rings. The van der Waals surface area contributed by atoms with E-state index in [1.54, 1.807) is 18.2 Å². The third-order valence-corrected chi connectivity index (χ3v) is 3.43. The first-order valence-corrected chi connectivity index (χ1v) is 6.48. The molecule has 0 bridgehead atoms. The molecular formula is C14H12BrF2NO. The van der Waals surface area contributed by atoms with Crippen LogP contribution in [0.2, 0.25) is 0 Å². The third kappa shape index (κ3) is 3.11. The monoisotopic (exact) mass is 327 g/mol. The van der Waals surface area contributed by atoms with Crippen LogP contribution < -0.4 is 5.32 Å². The molecule has 5 heteroatoms. The molecule has 100 valence electrons. The normalized spacial score (nSPS) is 12.2. The van der Waals surface area contributed by atoms with E-state index in [9.17, 15) is 13.9 Å². The van der Waals surface area contributed by atoms with E-state index < -0.39 is 24.3 Å². The molecule has 19 heavy (non-hydrogen) atoms. The van der Waals surface area contributed by atoms with E-state index in [-0.39, 0.29) is 5.56 Å². The van der Waals surface area contributed by atoms with Crippen molar-refractivity contribution < 1.29 is 13.9 Å². The smallest absolute Gasteiger partial charge is 0.131 e. The minimum absolute atomic E-state index is 0.166. The van der Waals surface area contributed by atoms with Gasteiger partial charge in [0.15, 0.2) is 0 Å². The van der Waals surface area contributed by atoms with Crippen LogP contribution in [0.15, 0.2) is 46.9 Å². The Morgan fingerprint density at radius 2 is 1.68 bits per heavy atom. The zero-order valence-corrected chi connectivity index (χ0v) is 11.5. The van der Waals surface area contributed by atoms with Crippen LogP contribution in [-0.2, 0) is 0 Å². The lowest BCUT2D eigenvalue weighted by molar-refractivity contribution is 0.271. The van der Waals surface area contributed by atoms with Crippen molar-refractivity contribution in [1.29, 1.82) is 0 Å². The van der Waals surface area contributed by atoms with E-state index in [1.807, 2.05) is 6.07 Å². The van der Waals surface area contributed by atoms with Gasteiger partial charge in [0.05, 0.1) is 12.6 Å². The first-order valence-electron chi connectivity index (χ1n) is 5.69. The molecule has 0 heterocycles. The Balaban J connectivity index is 2.34. The van der Waals surface area contributed by atoms with Crippen LogP contribution in [-0.4, -0.2) is 11.7 Å². The van der Waals surface area contributed by atoms with Crippen LogP contribution in [0.5, 0.6) is 0 Å². The van der Waals surface area contributed by atoms with Crippen molar-refractivity contribution in [2.45, 2.75) is 6.04 Å². The Morgan fingerprint density at radius 3 is 2.26 bits per heavy atom. The molecule has 1 atom stereocenters. The van der Waals surface area contributed by atoms with Crippen LogP contribution in [0, 0.1) is 11.6 Å². The SMILES string of the molecule is OCC(Nc1ccccc1Br)c1c(F)cccc1F. The summed E-state index contributed by atoms with van der Waals surface area (Å²) < 4.78 is 28.1. The summed E-state index contributed by atoms with van der Waals surface area (Å²) in [5.41, 5.74) is 0.491. The molecule has 0 amide bonds. The van der Waals surface area contributed by atoms with Crippen molar-refractivity contribution in [2.75, 3.05) is 11.9 Å². The maximum atomic E-state index is 13.7. The lowest BCUT2D eigenvalue weighted by Gasteiger charge is -2.20. The highest BCUT2D eigenvalue weighted by Crippen LogP contribution is 2.28. The van der Waals surface area contributed by atoms with Crippen LogP contribution in [0.3, 0.4) is 0 Å². The summed E-state index contributed by atoms with van der Waals surface area (Å²) in [6.45, 7) is -0.417. The molecule has 0 aliphatic rings. The fourth-order valence-corrected chi connectivity index (χ4v) is 2.22. The number of nitrogens with one attached hydrogen (secondary N) is 1. The predicted octanol–water partition coefficient (Wildman–Crippen LogP) is 3.87. The highest BCUT2D eigenvalue weighted by atomic mass is 79.9. The molecule has 0 radical (unpaired) electrons. The Kier molecular flexibility index (Phi) is 4.50. The highest BCUT2D eigenvalue weighted by Gasteiger charge is 2.19. The van der Waals surface area contributed by atoms with Gasteiger partial charge in [0.2, 0.25) is 0 Å². The molecule has 0 aromatic heterocycles.